The molecule has 108 valence electrons. The van der Waals surface area contributed by atoms with E-state index in [0.717, 1.165) is 32.2 Å². The van der Waals surface area contributed by atoms with Crippen molar-refractivity contribution in [1.29, 1.82) is 0 Å². The van der Waals surface area contributed by atoms with Gasteiger partial charge in [-0.25, -0.2) is 4.39 Å². The third-order valence-electron chi connectivity index (χ3n) is 4.06. The minimum absolute atomic E-state index is 0.0954. The summed E-state index contributed by atoms with van der Waals surface area (Å²) in [6, 6.07) is 5.13. The molecule has 1 aliphatic heterocycles. The summed E-state index contributed by atoms with van der Waals surface area (Å²) in [5, 5.41) is 0. The molecule has 0 spiro atoms. The van der Waals surface area contributed by atoms with Crippen LogP contribution in [0.15, 0.2) is 18.2 Å². The van der Waals surface area contributed by atoms with E-state index in [4.69, 9.17) is 4.74 Å². The molecule has 0 atom stereocenters. The van der Waals surface area contributed by atoms with Crippen LogP contribution in [0.5, 0.6) is 5.75 Å². The van der Waals surface area contributed by atoms with Crippen molar-refractivity contribution in [2.75, 3.05) is 33.3 Å². The number of rotatable bonds is 3. The van der Waals surface area contributed by atoms with Gasteiger partial charge in [0, 0.05) is 37.8 Å². The van der Waals surface area contributed by atoms with Gasteiger partial charge < -0.3 is 9.64 Å². The molecule has 2 fully saturated rings. The minimum Gasteiger partial charge on any atom is -0.494 e. The SMILES string of the molecule is COc1ccc(C(=O)N2CCN(C3CC3)CC2)cc1F. The zero-order valence-electron chi connectivity index (χ0n) is 11.6. The van der Waals surface area contributed by atoms with Crippen LogP contribution in [-0.2, 0) is 0 Å². The monoisotopic (exact) mass is 278 g/mol. The van der Waals surface area contributed by atoms with Crippen LogP contribution in [0.3, 0.4) is 0 Å². The highest BCUT2D eigenvalue weighted by Gasteiger charge is 2.32. The molecular formula is C15H19FN2O2. The number of hydrogen-bond donors (Lipinski definition) is 0. The van der Waals surface area contributed by atoms with E-state index in [1.54, 1.807) is 11.0 Å². The first-order valence-electron chi connectivity index (χ1n) is 7.06. The maximum Gasteiger partial charge on any atom is 0.254 e. The van der Waals surface area contributed by atoms with Crippen LogP contribution in [0.4, 0.5) is 4.39 Å². The van der Waals surface area contributed by atoms with E-state index in [2.05, 4.69) is 4.90 Å². The van der Waals surface area contributed by atoms with Crippen molar-refractivity contribution in [2.24, 2.45) is 0 Å². The third kappa shape index (κ3) is 2.63. The van der Waals surface area contributed by atoms with Crippen molar-refractivity contribution >= 4 is 5.91 Å². The average molecular weight is 278 g/mol. The molecule has 0 bridgehead atoms. The highest BCUT2D eigenvalue weighted by Crippen LogP contribution is 2.27. The smallest absolute Gasteiger partial charge is 0.254 e. The number of hydrogen-bond acceptors (Lipinski definition) is 3. The fraction of sp³-hybridized carbons (Fsp3) is 0.533. The number of benzene rings is 1. The molecule has 1 aliphatic carbocycles. The summed E-state index contributed by atoms with van der Waals surface area (Å²) in [6.07, 6.45) is 2.58. The summed E-state index contributed by atoms with van der Waals surface area (Å²) >= 11 is 0. The lowest BCUT2D eigenvalue weighted by atomic mass is 10.1. The first-order chi connectivity index (χ1) is 9.69. The summed E-state index contributed by atoms with van der Waals surface area (Å²) in [6.45, 7) is 3.30. The zero-order chi connectivity index (χ0) is 14.1. The summed E-state index contributed by atoms with van der Waals surface area (Å²) in [7, 11) is 1.41. The molecule has 0 unspecified atom stereocenters. The van der Waals surface area contributed by atoms with Crippen LogP contribution in [-0.4, -0.2) is 55.0 Å². The Hall–Kier alpha value is -1.62. The first-order valence-corrected chi connectivity index (χ1v) is 7.06. The van der Waals surface area contributed by atoms with Crippen LogP contribution in [0.2, 0.25) is 0 Å². The van der Waals surface area contributed by atoms with Gasteiger partial charge in [-0.3, -0.25) is 9.69 Å². The Balaban J connectivity index is 1.65. The molecule has 20 heavy (non-hydrogen) atoms. The van der Waals surface area contributed by atoms with E-state index in [0.29, 0.717) is 5.56 Å². The Kier molecular flexibility index (Phi) is 3.61. The number of methoxy groups -OCH3 is 1. The number of nitrogens with zero attached hydrogens (tertiary/aromatic N) is 2. The van der Waals surface area contributed by atoms with Crippen molar-refractivity contribution < 1.29 is 13.9 Å². The Bertz CT molecular complexity index is 509. The molecule has 1 aromatic rings. The zero-order valence-corrected chi connectivity index (χ0v) is 11.6. The molecule has 1 saturated carbocycles. The maximum atomic E-state index is 13.7. The molecule has 3 rings (SSSR count). The first kappa shape index (κ1) is 13.4. The van der Waals surface area contributed by atoms with E-state index in [1.807, 2.05) is 0 Å². The van der Waals surface area contributed by atoms with Crippen molar-refractivity contribution in [2.45, 2.75) is 18.9 Å². The van der Waals surface area contributed by atoms with Crippen LogP contribution in [0, 0.1) is 5.82 Å². The Morgan fingerprint density at radius 3 is 2.50 bits per heavy atom. The van der Waals surface area contributed by atoms with Gasteiger partial charge in [0.05, 0.1) is 7.11 Å². The second-order valence-electron chi connectivity index (χ2n) is 5.41. The molecule has 1 amide bonds. The minimum atomic E-state index is -0.491. The number of ether oxygens (including phenoxy) is 1. The lowest BCUT2D eigenvalue weighted by Crippen LogP contribution is -2.49. The fourth-order valence-electron chi connectivity index (χ4n) is 2.71. The van der Waals surface area contributed by atoms with E-state index < -0.39 is 5.82 Å². The van der Waals surface area contributed by atoms with Gasteiger partial charge in [0.25, 0.3) is 5.91 Å². The molecule has 5 heteroatoms. The van der Waals surface area contributed by atoms with Gasteiger partial charge in [-0.15, -0.1) is 0 Å². The maximum absolute atomic E-state index is 13.7. The normalized spacial score (nSPS) is 20.0. The summed E-state index contributed by atoms with van der Waals surface area (Å²) < 4.78 is 18.5. The van der Waals surface area contributed by atoms with E-state index in [-0.39, 0.29) is 11.7 Å². The lowest BCUT2D eigenvalue weighted by Gasteiger charge is -2.34. The van der Waals surface area contributed by atoms with Crippen LogP contribution in [0.1, 0.15) is 23.2 Å². The number of piperazine rings is 1. The van der Waals surface area contributed by atoms with Crippen LogP contribution in [0.25, 0.3) is 0 Å². The van der Waals surface area contributed by atoms with Gasteiger partial charge in [-0.05, 0) is 31.0 Å². The topological polar surface area (TPSA) is 32.8 Å². The predicted octanol–water partition coefficient (Wildman–Crippen LogP) is 1.75. The van der Waals surface area contributed by atoms with Gasteiger partial charge in [0.1, 0.15) is 0 Å². The Morgan fingerprint density at radius 1 is 1.25 bits per heavy atom. The number of carbonyl (C=O) groups is 1. The summed E-state index contributed by atoms with van der Waals surface area (Å²) in [5.74, 6) is -0.419. The molecule has 4 nitrogen and oxygen atoms in total. The van der Waals surface area contributed by atoms with Crippen LogP contribution < -0.4 is 4.74 Å². The van der Waals surface area contributed by atoms with E-state index in [9.17, 15) is 9.18 Å². The highest BCUT2D eigenvalue weighted by atomic mass is 19.1. The Labute approximate surface area is 118 Å². The molecule has 0 aromatic heterocycles. The molecule has 1 aromatic carbocycles. The van der Waals surface area contributed by atoms with Gasteiger partial charge in [-0.1, -0.05) is 0 Å². The number of amides is 1. The highest BCUT2D eigenvalue weighted by molar-refractivity contribution is 5.94. The molecular weight excluding hydrogens is 259 g/mol. The Morgan fingerprint density at radius 2 is 1.95 bits per heavy atom. The van der Waals surface area contributed by atoms with Crippen molar-refractivity contribution in [3.8, 4) is 5.75 Å². The second kappa shape index (κ2) is 5.40. The molecule has 1 heterocycles. The van der Waals surface area contributed by atoms with Crippen molar-refractivity contribution in [3.63, 3.8) is 0 Å². The van der Waals surface area contributed by atoms with Crippen molar-refractivity contribution in [3.05, 3.63) is 29.6 Å². The predicted molar refractivity (Wildman–Crippen MR) is 73.5 cm³/mol. The van der Waals surface area contributed by atoms with Gasteiger partial charge >= 0.3 is 0 Å². The van der Waals surface area contributed by atoms with Crippen molar-refractivity contribution in [1.82, 2.24) is 9.80 Å². The molecule has 0 radical (unpaired) electrons. The van der Waals surface area contributed by atoms with Gasteiger partial charge in [-0.2, -0.15) is 0 Å². The molecule has 0 N–H and O–H groups in total. The molecule has 2 aliphatic rings. The number of carbonyl (C=O) groups excluding carboxylic acids is 1. The quantitative estimate of drug-likeness (QED) is 0.844. The summed E-state index contributed by atoms with van der Waals surface area (Å²) in [4.78, 5) is 16.6. The largest absolute Gasteiger partial charge is 0.494 e. The standard InChI is InChI=1S/C15H19FN2O2/c1-20-14-5-2-11(10-13(14)16)15(19)18-8-6-17(7-9-18)12-3-4-12/h2,5,10,12H,3-4,6-9H2,1H3. The molecule has 1 saturated heterocycles. The second-order valence-corrected chi connectivity index (χ2v) is 5.41. The lowest BCUT2D eigenvalue weighted by molar-refractivity contribution is 0.0626. The van der Waals surface area contributed by atoms with E-state index in [1.165, 1.54) is 32.1 Å². The van der Waals surface area contributed by atoms with E-state index >= 15 is 0 Å². The van der Waals surface area contributed by atoms with Crippen LogP contribution >= 0.6 is 0 Å². The average Bonchev–Trinajstić information content (AvgIpc) is 3.31. The van der Waals surface area contributed by atoms with Gasteiger partial charge in [0.15, 0.2) is 11.6 Å². The third-order valence-corrected chi connectivity index (χ3v) is 4.06. The number of halogens is 1. The van der Waals surface area contributed by atoms with Gasteiger partial charge in [0.2, 0.25) is 0 Å². The fourth-order valence-corrected chi connectivity index (χ4v) is 2.71. The summed E-state index contributed by atoms with van der Waals surface area (Å²) in [5.41, 5.74) is 0.392.